The third kappa shape index (κ3) is 1.75. The zero-order chi connectivity index (χ0) is 9.30. The van der Waals surface area contributed by atoms with Gasteiger partial charge in [-0.3, -0.25) is 4.79 Å². The Hall–Kier alpha value is -0.640. The second-order valence-corrected chi connectivity index (χ2v) is 3.51. The normalized spacial score (nSPS) is 39.0. The van der Waals surface area contributed by atoms with Crippen LogP contribution in [0.4, 0.5) is 4.39 Å². The number of halogens is 1. The van der Waals surface area contributed by atoms with Gasteiger partial charge in [-0.2, -0.15) is 0 Å². The summed E-state index contributed by atoms with van der Waals surface area (Å²) in [5, 5.41) is 2.57. The van der Waals surface area contributed by atoms with E-state index in [1.54, 1.807) is 13.8 Å². The summed E-state index contributed by atoms with van der Waals surface area (Å²) in [5.74, 6) is -0.484. The van der Waals surface area contributed by atoms with Gasteiger partial charge >= 0.3 is 0 Å². The Morgan fingerprint density at radius 1 is 1.75 bits per heavy atom. The molecule has 3 nitrogen and oxygen atoms in total. The molecule has 1 fully saturated rings. The lowest BCUT2D eigenvalue weighted by atomic mass is 9.88. The van der Waals surface area contributed by atoms with Gasteiger partial charge in [-0.15, -0.1) is 0 Å². The first-order valence-electron chi connectivity index (χ1n) is 4.22. The van der Waals surface area contributed by atoms with Crippen LogP contribution < -0.4 is 11.1 Å². The summed E-state index contributed by atoms with van der Waals surface area (Å²) in [6, 6.07) is -0.636. The van der Waals surface area contributed by atoms with Gasteiger partial charge in [-0.25, -0.2) is 4.39 Å². The molecule has 1 heterocycles. The predicted octanol–water partition coefficient (Wildman–Crippen LogP) is 0.196. The van der Waals surface area contributed by atoms with Crippen LogP contribution in [-0.2, 0) is 4.79 Å². The summed E-state index contributed by atoms with van der Waals surface area (Å²) in [5.41, 5.74) is 5.54. The van der Waals surface area contributed by atoms with Crippen LogP contribution in [0.3, 0.4) is 0 Å². The van der Waals surface area contributed by atoms with Crippen LogP contribution in [0.2, 0.25) is 0 Å². The first kappa shape index (κ1) is 9.45. The molecule has 4 heteroatoms. The highest BCUT2D eigenvalue weighted by Gasteiger charge is 2.35. The summed E-state index contributed by atoms with van der Waals surface area (Å²) in [7, 11) is 0. The highest BCUT2D eigenvalue weighted by molar-refractivity contribution is 5.80. The van der Waals surface area contributed by atoms with E-state index in [1.165, 1.54) is 0 Å². The lowest BCUT2D eigenvalue weighted by molar-refractivity contribution is -0.130. The van der Waals surface area contributed by atoms with Gasteiger partial charge in [0.25, 0.3) is 0 Å². The third-order valence-corrected chi connectivity index (χ3v) is 2.36. The molecule has 0 aromatic heterocycles. The van der Waals surface area contributed by atoms with E-state index in [2.05, 4.69) is 5.32 Å². The number of hydrogen-bond donors (Lipinski definition) is 2. The van der Waals surface area contributed by atoms with E-state index < -0.39 is 6.17 Å². The molecule has 1 rings (SSSR count). The van der Waals surface area contributed by atoms with Crippen LogP contribution >= 0.6 is 0 Å². The van der Waals surface area contributed by atoms with E-state index in [9.17, 15) is 9.18 Å². The third-order valence-electron chi connectivity index (χ3n) is 2.36. The van der Waals surface area contributed by atoms with Crippen molar-refractivity contribution in [3.8, 4) is 0 Å². The number of alkyl halides is 1. The first-order chi connectivity index (χ1) is 5.52. The Morgan fingerprint density at radius 3 is 2.83 bits per heavy atom. The SMILES string of the molecule is CC(N)C1CC(F)C(C)NC1=O. The summed E-state index contributed by atoms with van der Waals surface area (Å²) < 4.78 is 13.1. The van der Waals surface area contributed by atoms with Crippen LogP contribution in [0.25, 0.3) is 0 Å². The summed E-state index contributed by atoms with van der Waals surface area (Å²) in [4.78, 5) is 11.2. The number of piperidine rings is 1. The van der Waals surface area contributed by atoms with Crippen molar-refractivity contribution in [2.75, 3.05) is 0 Å². The van der Waals surface area contributed by atoms with Gasteiger partial charge in [0.15, 0.2) is 0 Å². The number of nitrogens with one attached hydrogen (secondary N) is 1. The van der Waals surface area contributed by atoms with Gasteiger partial charge < -0.3 is 11.1 Å². The molecule has 12 heavy (non-hydrogen) atoms. The molecule has 1 saturated heterocycles. The second-order valence-electron chi connectivity index (χ2n) is 3.51. The van der Waals surface area contributed by atoms with Gasteiger partial charge in [0.1, 0.15) is 6.17 Å². The Bertz CT molecular complexity index is 184. The standard InChI is InChI=1S/C8H15FN2O/c1-4(10)6-3-7(9)5(2)11-8(6)12/h4-7H,3,10H2,1-2H3,(H,11,12). The average Bonchev–Trinajstić information content (AvgIpc) is 1.96. The first-order valence-corrected chi connectivity index (χ1v) is 4.22. The van der Waals surface area contributed by atoms with Crippen molar-refractivity contribution >= 4 is 5.91 Å². The molecule has 4 atom stereocenters. The van der Waals surface area contributed by atoms with Crippen molar-refractivity contribution in [1.29, 1.82) is 0 Å². The van der Waals surface area contributed by atoms with Crippen LogP contribution in [0.1, 0.15) is 20.3 Å². The average molecular weight is 174 g/mol. The predicted molar refractivity (Wildman–Crippen MR) is 44.3 cm³/mol. The van der Waals surface area contributed by atoms with Crippen molar-refractivity contribution in [2.45, 2.75) is 38.5 Å². The molecule has 1 amide bonds. The monoisotopic (exact) mass is 174 g/mol. The minimum Gasteiger partial charge on any atom is -0.350 e. The van der Waals surface area contributed by atoms with E-state index in [0.29, 0.717) is 0 Å². The van der Waals surface area contributed by atoms with Crippen LogP contribution in [0.5, 0.6) is 0 Å². The molecule has 70 valence electrons. The van der Waals surface area contributed by atoms with E-state index in [1.807, 2.05) is 0 Å². The maximum Gasteiger partial charge on any atom is 0.225 e. The highest BCUT2D eigenvalue weighted by atomic mass is 19.1. The molecule has 1 aliphatic rings. The molecule has 0 bridgehead atoms. The zero-order valence-electron chi connectivity index (χ0n) is 7.38. The van der Waals surface area contributed by atoms with Crippen molar-refractivity contribution in [2.24, 2.45) is 11.7 Å². The minimum absolute atomic E-state index is 0.119. The van der Waals surface area contributed by atoms with Crippen molar-refractivity contribution in [3.05, 3.63) is 0 Å². The van der Waals surface area contributed by atoms with Gasteiger partial charge in [0, 0.05) is 6.04 Å². The summed E-state index contributed by atoms with van der Waals surface area (Å²) in [6.07, 6.45) is -0.705. The molecule has 4 unspecified atom stereocenters. The maximum atomic E-state index is 13.1. The van der Waals surface area contributed by atoms with E-state index >= 15 is 0 Å². The van der Waals surface area contributed by atoms with Crippen LogP contribution in [-0.4, -0.2) is 24.2 Å². The Balaban J connectivity index is 2.62. The molecule has 0 aromatic carbocycles. The number of hydrogen-bond acceptors (Lipinski definition) is 2. The number of amides is 1. The van der Waals surface area contributed by atoms with Gasteiger partial charge in [-0.05, 0) is 20.3 Å². The number of rotatable bonds is 1. The highest BCUT2D eigenvalue weighted by Crippen LogP contribution is 2.20. The minimum atomic E-state index is -0.960. The Kier molecular flexibility index (Phi) is 2.67. The molecule has 3 N–H and O–H groups in total. The fourth-order valence-corrected chi connectivity index (χ4v) is 1.43. The van der Waals surface area contributed by atoms with Crippen molar-refractivity contribution in [3.63, 3.8) is 0 Å². The second kappa shape index (κ2) is 3.39. The van der Waals surface area contributed by atoms with Gasteiger partial charge in [-0.1, -0.05) is 0 Å². The molecular formula is C8H15FN2O. The number of carbonyl (C=O) groups excluding carboxylic acids is 1. The molecule has 0 radical (unpaired) electrons. The lowest BCUT2D eigenvalue weighted by Crippen LogP contribution is -2.53. The number of carbonyl (C=O) groups is 1. The Labute approximate surface area is 71.5 Å². The van der Waals surface area contributed by atoms with E-state index in [0.717, 1.165) is 0 Å². The van der Waals surface area contributed by atoms with E-state index in [4.69, 9.17) is 5.73 Å². The maximum absolute atomic E-state index is 13.1. The fraction of sp³-hybridized carbons (Fsp3) is 0.875. The van der Waals surface area contributed by atoms with Crippen LogP contribution in [0.15, 0.2) is 0 Å². The smallest absolute Gasteiger partial charge is 0.225 e. The molecule has 0 aliphatic carbocycles. The molecule has 1 aliphatic heterocycles. The molecular weight excluding hydrogens is 159 g/mol. The van der Waals surface area contributed by atoms with E-state index in [-0.39, 0.29) is 30.3 Å². The largest absolute Gasteiger partial charge is 0.350 e. The topological polar surface area (TPSA) is 55.1 Å². The van der Waals surface area contributed by atoms with Crippen LogP contribution in [0, 0.1) is 5.92 Å². The number of nitrogens with two attached hydrogens (primary N) is 1. The van der Waals surface area contributed by atoms with Gasteiger partial charge in [0.05, 0.1) is 12.0 Å². The molecule has 0 aromatic rings. The Morgan fingerprint density at radius 2 is 2.33 bits per heavy atom. The van der Waals surface area contributed by atoms with Crippen molar-refractivity contribution in [1.82, 2.24) is 5.32 Å². The lowest BCUT2D eigenvalue weighted by Gasteiger charge is -2.31. The fourth-order valence-electron chi connectivity index (χ4n) is 1.43. The summed E-state index contributed by atoms with van der Waals surface area (Å²) in [6.45, 7) is 3.40. The van der Waals surface area contributed by atoms with Crippen molar-refractivity contribution < 1.29 is 9.18 Å². The quantitative estimate of drug-likeness (QED) is 0.596. The molecule has 0 saturated carbocycles. The molecule has 0 spiro atoms. The zero-order valence-corrected chi connectivity index (χ0v) is 7.38. The van der Waals surface area contributed by atoms with Gasteiger partial charge in [0.2, 0.25) is 5.91 Å². The summed E-state index contributed by atoms with van der Waals surface area (Å²) >= 11 is 0.